The Morgan fingerprint density at radius 3 is 2.72 bits per heavy atom. The van der Waals surface area contributed by atoms with Crippen molar-refractivity contribution in [3.05, 3.63) is 45.9 Å². The van der Waals surface area contributed by atoms with Crippen LogP contribution in [0.25, 0.3) is 11.5 Å². The summed E-state index contributed by atoms with van der Waals surface area (Å²) in [6.45, 7) is 3.83. The smallest absolute Gasteiger partial charge is 0.277 e. The van der Waals surface area contributed by atoms with Crippen LogP contribution in [0.3, 0.4) is 0 Å². The third-order valence-electron chi connectivity index (χ3n) is 3.38. The fraction of sp³-hybridized carbons (Fsp3) is 0.235. The van der Waals surface area contributed by atoms with Gasteiger partial charge in [-0.25, -0.2) is 4.98 Å². The number of ketones is 1. The summed E-state index contributed by atoms with van der Waals surface area (Å²) in [4.78, 5) is 16.5. The number of rotatable bonds is 6. The van der Waals surface area contributed by atoms with E-state index in [-0.39, 0.29) is 11.5 Å². The molecule has 2 aromatic heterocycles. The van der Waals surface area contributed by atoms with Crippen LogP contribution in [0.15, 0.2) is 39.3 Å². The molecule has 0 aliphatic rings. The van der Waals surface area contributed by atoms with E-state index in [2.05, 4.69) is 15.2 Å². The molecule has 0 bridgehead atoms. The number of thiazole rings is 1. The van der Waals surface area contributed by atoms with E-state index in [9.17, 15) is 10.1 Å². The summed E-state index contributed by atoms with van der Waals surface area (Å²) in [6, 6.07) is 9.75. The Morgan fingerprint density at radius 1 is 1.32 bits per heavy atom. The maximum Gasteiger partial charge on any atom is 0.277 e. The predicted octanol–water partition coefficient (Wildman–Crippen LogP) is 3.78. The average Bonchev–Trinajstić information content (AvgIpc) is 3.24. The first-order chi connectivity index (χ1) is 12.1. The molecule has 0 spiro atoms. The van der Waals surface area contributed by atoms with Crippen LogP contribution in [0.2, 0.25) is 0 Å². The van der Waals surface area contributed by atoms with Gasteiger partial charge in [-0.3, -0.25) is 4.79 Å². The van der Waals surface area contributed by atoms with Crippen LogP contribution in [0.4, 0.5) is 0 Å². The lowest BCUT2D eigenvalue weighted by Crippen LogP contribution is -2.13. The first kappa shape index (κ1) is 17.3. The highest BCUT2D eigenvalue weighted by Gasteiger charge is 2.24. The number of Topliss-reactive ketones (excluding diaryl/α,β-unsaturated/α-hetero) is 1. The van der Waals surface area contributed by atoms with Gasteiger partial charge in [-0.2, -0.15) is 5.26 Å². The van der Waals surface area contributed by atoms with E-state index >= 15 is 0 Å². The molecule has 3 rings (SSSR count). The lowest BCUT2D eigenvalue weighted by atomic mass is 10.1. The van der Waals surface area contributed by atoms with Crippen LogP contribution in [-0.2, 0) is 4.79 Å². The maximum absolute atomic E-state index is 12.3. The Balaban J connectivity index is 1.64. The zero-order valence-electron chi connectivity index (χ0n) is 13.6. The minimum Gasteiger partial charge on any atom is -0.411 e. The minimum absolute atomic E-state index is 0.0758. The van der Waals surface area contributed by atoms with Crippen molar-refractivity contribution in [3.63, 3.8) is 0 Å². The van der Waals surface area contributed by atoms with Crippen LogP contribution < -0.4 is 0 Å². The van der Waals surface area contributed by atoms with Gasteiger partial charge in [0.2, 0.25) is 5.89 Å². The molecular formula is C17H14N4O2S2. The molecule has 1 aromatic carbocycles. The fourth-order valence-corrected chi connectivity index (χ4v) is 3.60. The Kier molecular flexibility index (Phi) is 5.26. The molecule has 0 N–H and O–H groups in total. The number of hydrogen-bond donors (Lipinski definition) is 0. The van der Waals surface area contributed by atoms with Gasteiger partial charge in [0.05, 0.1) is 11.8 Å². The molecule has 8 heteroatoms. The summed E-state index contributed by atoms with van der Waals surface area (Å²) >= 11 is 2.45. The Labute approximate surface area is 152 Å². The molecular weight excluding hydrogens is 356 g/mol. The number of carbonyl (C=O) groups excluding carboxylic acids is 1. The number of aryl methyl sites for hydroxylation is 2. The summed E-state index contributed by atoms with van der Waals surface area (Å²) in [5.41, 5.74) is 2.77. The van der Waals surface area contributed by atoms with E-state index < -0.39 is 5.92 Å². The minimum atomic E-state index is -0.856. The summed E-state index contributed by atoms with van der Waals surface area (Å²) in [5.74, 6) is -0.600. The molecule has 0 radical (unpaired) electrons. The van der Waals surface area contributed by atoms with Gasteiger partial charge in [0.15, 0.2) is 11.7 Å². The first-order valence-electron chi connectivity index (χ1n) is 7.44. The van der Waals surface area contributed by atoms with Crippen molar-refractivity contribution < 1.29 is 9.21 Å². The SMILES string of the molecule is Cc1ccc(-c2nnc(SCC(=O)C(C#N)c3nc(C)cs3)o2)cc1. The maximum atomic E-state index is 12.3. The van der Waals surface area contributed by atoms with Gasteiger partial charge in [0.25, 0.3) is 5.22 Å². The van der Waals surface area contributed by atoms with Crippen molar-refractivity contribution >= 4 is 28.9 Å². The van der Waals surface area contributed by atoms with Crippen LogP contribution >= 0.6 is 23.1 Å². The van der Waals surface area contributed by atoms with Crippen molar-refractivity contribution in [2.24, 2.45) is 0 Å². The molecule has 0 aliphatic carbocycles. The summed E-state index contributed by atoms with van der Waals surface area (Å²) < 4.78 is 5.58. The zero-order chi connectivity index (χ0) is 17.8. The molecule has 1 unspecified atom stereocenters. The zero-order valence-corrected chi connectivity index (χ0v) is 15.2. The molecule has 0 saturated heterocycles. The van der Waals surface area contributed by atoms with E-state index in [4.69, 9.17) is 4.42 Å². The largest absolute Gasteiger partial charge is 0.411 e. The van der Waals surface area contributed by atoms with Crippen LogP contribution in [0, 0.1) is 25.2 Å². The number of carbonyl (C=O) groups is 1. The quantitative estimate of drug-likeness (QED) is 0.610. The second-order valence-electron chi connectivity index (χ2n) is 5.38. The third-order valence-corrected chi connectivity index (χ3v) is 5.25. The number of hydrogen-bond acceptors (Lipinski definition) is 8. The number of thioether (sulfide) groups is 1. The van der Waals surface area contributed by atoms with Gasteiger partial charge in [-0.15, -0.1) is 21.5 Å². The topological polar surface area (TPSA) is 92.7 Å². The lowest BCUT2D eigenvalue weighted by Gasteiger charge is -2.02. The standard InChI is InChI=1S/C17H14N4O2S2/c1-10-3-5-12(6-4-10)15-20-21-17(23-15)25-9-14(22)13(7-18)16-19-11(2)8-24-16/h3-6,8,13H,9H2,1-2H3. The number of nitrogens with zero attached hydrogens (tertiary/aromatic N) is 4. The highest BCUT2D eigenvalue weighted by Crippen LogP contribution is 2.26. The molecule has 1 atom stereocenters. The molecule has 3 aromatic rings. The molecule has 2 heterocycles. The highest BCUT2D eigenvalue weighted by molar-refractivity contribution is 7.99. The second-order valence-corrected chi connectivity index (χ2v) is 7.20. The monoisotopic (exact) mass is 370 g/mol. The normalized spacial score (nSPS) is 11.9. The van der Waals surface area contributed by atoms with Crippen molar-refractivity contribution in [2.45, 2.75) is 25.0 Å². The second kappa shape index (κ2) is 7.59. The molecule has 6 nitrogen and oxygen atoms in total. The summed E-state index contributed by atoms with van der Waals surface area (Å²) in [6.07, 6.45) is 0. The van der Waals surface area contributed by atoms with Crippen molar-refractivity contribution in [1.29, 1.82) is 5.26 Å². The van der Waals surface area contributed by atoms with E-state index in [1.807, 2.05) is 49.6 Å². The highest BCUT2D eigenvalue weighted by atomic mass is 32.2. The van der Waals surface area contributed by atoms with Gasteiger partial charge in [-0.05, 0) is 26.0 Å². The van der Waals surface area contributed by atoms with Crippen molar-refractivity contribution in [2.75, 3.05) is 5.75 Å². The van der Waals surface area contributed by atoms with E-state index in [1.165, 1.54) is 11.3 Å². The molecule has 126 valence electrons. The lowest BCUT2D eigenvalue weighted by molar-refractivity contribution is -0.116. The van der Waals surface area contributed by atoms with Gasteiger partial charge < -0.3 is 4.42 Å². The number of benzene rings is 1. The van der Waals surface area contributed by atoms with E-state index in [0.29, 0.717) is 16.1 Å². The van der Waals surface area contributed by atoms with Gasteiger partial charge in [0.1, 0.15) is 5.01 Å². The number of aromatic nitrogens is 3. The molecule has 0 saturated carbocycles. The molecule has 0 fully saturated rings. The van der Waals surface area contributed by atoms with E-state index in [1.54, 1.807) is 0 Å². The van der Waals surface area contributed by atoms with Gasteiger partial charge >= 0.3 is 0 Å². The average molecular weight is 370 g/mol. The Morgan fingerprint density at radius 2 is 2.08 bits per heavy atom. The first-order valence-corrected chi connectivity index (χ1v) is 9.31. The molecule has 25 heavy (non-hydrogen) atoms. The van der Waals surface area contributed by atoms with Crippen LogP contribution in [-0.4, -0.2) is 26.7 Å². The summed E-state index contributed by atoms with van der Waals surface area (Å²) in [5, 5.41) is 19.9. The van der Waals surface area contributed by atoms with Crippen LogP contribution in [0.5, 0.6) is 0 Å². The van der Waals surface area contributed by atoms with Gasteiger partial charge in [-0.1, -0.05) is 29.5 Å². The predicted molar refractivity (Wildman–Crippen MR) is 95.4 cm³/mol. The Bertz CT molecular complexity index is 925. The Hall–Kier alpha value is -2.50. The van der Waals surface area contributed by atoms with E-state index in [0.717, 1.165) is 28.6 Å². The van der Waals surface area contributed by atoms with Gasteiger partial charge in [0, 0.05) is 16.6 Å². The van der Waals surface area contributed by atoms with Crippen molar-refractivity contribution in [3.8, 4) is 17.5 Å². The fourth-order valence-electron chi connectivity index (χ4n) is 2.07. The third kappa shape index (κ3) is 4.13. The van der Waals surface area contributed by atoms with Crippen molar-refractivity contribution in [1.82, 2.24) is 15.2 Å². The summed E-state index contributed by atoms with van der Waals surface area (Å²) in [7, 11) is 0. The molecule has 0 aliphatic heterocycles. The van der Waals surface area contributed by atoms with Crippen LogP contribution in [0.1, 0.15) is 22.2 Å². The molecule has 0 amide bonds. The number of nitriles is 1.